The summed E-state index contributed by atoms with van der Waals surface area (Å²) in [7, 11) is 0. The van der Waals surface area contributed by atoms with Gasteiger partial charge in [0.05, 0.1) is 12.3 Å². The van der Waals surface area contributed by atoms with E-state index >= 15 is 0 Å². The van der Waals surface area contributed by atoms with Crippen molar-refractivity contribution in [1.82, 2.24) is 4.98 Å². The normalized spacial score (nSPS) is 10.2. The third kappa shape index (κ3) is 3.69. The highest BCUT2D eigenvalue weighted by Gasteiger charge is 2.06. The first kappa shape index (κ1) is 13.4. The van der Waals surface area contributed by atoms with Crippen LogP contribution in [0.2, 0.25) is 0 Å². The van der Waals surface area contributed by atoms with Crippen LogP contribution in [0.5, 0.6) is 17.4 Å². The van der Waals surface area contributed by atoms with Crippen LogP contribution in [0.15, 0.2) is 42.5 Å². The second-order valence-corrected chi connectivity index (χ2v) is 4.07. The molecule has 0 aliphatic rings. The van der Waals surface area contributed by atoms with Crippen molar-refractivity contribution < 1.29 is 9.47 Å². The fourth-order valence-electron chi connectivity index (χ4n) is 1.61. The SMILES string of the molecule is CCCOc1ccccc1Oc1cccc(CN)n1. The van der Waals surface area contributed by atoms with Gasteiger partial charge in [0.15, 0.2) is 11.5 Å². The number of nitrogens with two attached hydrogens (primary N) is 1. The van der Waals surface area contributed by atoms with Crippen LogP contribution in [0.25, 0.3) is 0 Å². The van der Waals surface area contributed by atoms with Crippen LogP contribution < -0.4 is 15.2 Å². The van der Waals surface area contributed by atoms with E-state index in [1.54, 1.807) is 6.07 Å². The Morgan fingerprint density at radius 3 is 2.58 bits per heavy atom. The molecule has 0 aliphatic carbocycles. The Labute approximate surface area is 113 Å². The predicted octanol–water partition coefficient (Wildman–Crippen LogP) is 3.12. The summed E-state index contributed by atoms with van der Waals surface area (Å²) in [6, 6.07) is 13.1. The fraction of sp³-hybridized carbons (Fsp3) is 0.267. The van der Waals surface area contributed by atoms with Crippen molar-refractivity contribution in [2.75, 3.05) is 6.61 Å². The number of aromatic nitrogens is 1. The van der Waals surface area contributed by atoms with E-state index < -0.39 is 0 Å². The van der Waals surface area contributed by atoms with Crippen LogP contribution in [0, 0.1) is 0 Å². The zero-order chi connectivity index (χ0) is 13.5. The molecule has 0 amide bonds. The lowest BCUT2D eigenvalue weighted by atomic mass is 10.3. The van der Waals surface area contributed by atoms with Gasteiger partial charge in [-0.25, -0.2) is 4.98 Å². The van der Waals surface area contributed by atoms with Gasteiger partial charge in [-0.3, -0.25) is 0 Å². The Kier molecular flexibility index (Phi) is 4.75. The van der Waals surface area contributed by atoms with Gasteiger partial charge in [-0.05, 0) is 24.6 Å². The van der Waals surface area contributed by atoms with Gasteiger partial charge < -0.3 is 15.2 Å². The lowest BCUT2D eigenvalue weighted by Gasteiger charge is -2.11. The summed E-state index contributed by atoms with van der Waals surface area (Å²) in [4.78, 5) is 4.31. The predicted molar refractivity (Wildman–Crippen MR) is 74.4 cm³/mol. The summed E-state index contributed by atoms with van der Waals surface area (Å²) in [5.41, 5.74) is 6.36. The van der Waals surface area contributed by atoms with Gasteiger partial charge in [0.1, 0.15) is 0 Å². The third-order valence-electron chi connectivity index (χ3n) is 2.52. The molecule has 2 rings (SSSR count). The minimum atomic E-state index is 0.394. The first-order valence-corrected chi connectivity index (χ1v) is 6.39. The quantitative estimate of drug-likeness (QED) is 0.864. The molecule has 4 heteroatoms. The molecule has 0 spiro atoms. The number of hydrogen-bond donors (Lipinski definition) is 1. The average molecular weight is 258 g/mol. The van der Waals surface area contributed by atoms with E-state index in [-0.39, 0.29) is 0 Å². The summed E-state index contributed by atoms with van der Waals surface area (Å²) in [6.07, 6.45) is 0.954. The highest BCUT2D eigenvalue weighted by atomic mass is 16.5. The maximum Gasteiger partial charge on any atom is 0.219 e. The van der Waals surface area contributed by atoms with Gasteiger partial charge in [0.2, 0.25) is 5.88 Å². The summed E-state index contributed by atoms with van der Waals surface area (Å²) in [6.45, 7) is 3.12. The summed E-state index contributed by atoms with van der Waals surface area (Å²) < 4.78 is 11.4. The molecule has 4 nitrogen and oxygen atoms in total. The maximum atomic E-state index is 5.76. The number of nitrogens with zero attached hydrogens (tertiary/aromatic N) is 1. The van der Waals surface area contributed by atoms with Gasteiger partial charge in [-0.1, -0.05) is 25.1 Å². The first-order chi connectivity index (χ1) is 9.33. The highest BCUT2D eigenvalue weighted by Crippen LogP contribution is 2.30. The van der Waals surface area contributed by atoms with Crippen LogP contribution in [0.4, 0.5) is 0 Å². The van der Waals surface area contributed by atoms with Crippen LogP contribution in [-0.4, -0.2) is 11.6 Å². The molecule has 0 radical (unpaired) electrons. The molecule has 1 aromatic heterocycles. The largest absolute Gasteiger partial charge is 0.490 e. The smallest absolute Gasteiger partial charge is 0.219 e. The summed E-state index contributed by atoms with van der Waals surface area (Å²) in [5.74, 6) is 1.91. The third-order valence-corrected chi connectivity index (χ3v) is 2.52. The number of hydrogen-bond acceptors (Lipinski definition) is 4. The lowest BCUT2D eigenvalue weighted by Crippen LogP contribution is -2.01. The molecule has 0 bridgehead atoms. The Morgan fingerprint density at radius 2 is 1.84 bits per heavy atom. The molecule has 1 aromatic carbocycles. The molecule has 0 atom stereocenters. The Bertz CT molecular complexity index is 529. The number of benzene rings is 1. The van der Waals surface area contributed by atoms with Gasteiger partial charge in [-0.15, -0.1) is 0 Å². The van der Waals surface area contributed by atoms with E-state index in [9.17, 15) is 0 Å². The standard InChI is InChI=1S/C15H18N2O2/c1-2-10-18-13-7-3-4-8-14(13)19-15-9-5-6-12(11-16)17-15/h3-9H,2,10-11,16H2,1H3. The molecular weight excluding hydrogens is 240 g/mol. The summed E-state index contributed by atoms with van der Waals surface area (Å²) in [5, 5.41) is 0. The zero-order valence-electron chi connectivity index (χ0n) is 11.0. The topological polar surface area (TPSA) is 57.4 Å². The Balaban J connectivity index is 2.17. The van der Waals surface area contributed by atoms with Gasteiger partial charge in [0.25, 0.3) is 0 Å². The van der Waals surface area contributed by atoms with Crippen molar-refractivity contribution in [3.63, 3.8) is 0 Å². The fourth-order valence-corrected chi connectivity index (χ4v) is 1.61. The van der Waals surface area contributed by atoms with E-state index in [2.05, 4.69) is 11.9 Å². The van der Waals surface area contributed by atoms with E-state index in [4.69, 9.17) is 15.2 Å². The second kappa shape index (κ2) is 6.75. The van der Waals surface area contributed by atoms with Gasteiger partial charge in [-0.2, -0.15) is 0 Å². The van der Waals surface area contributed by atoms with Crippen LogP contribution in [0.1, 0.15) is 19.0 Å². The number of para-hydroxylation sites is 2. The monoisotopic (exact) mass is 258 g/mol. The zero-order valence-corrected chi connectivity index (χ0v) is 11.0. The second-order valence-electron chi connectivity index (χ2n) is 4.07. The van der Waals surface area contributed by atoms with E-state index in [1.165, 1.54) is 0 Å². The average Bonchev–Trinajstić information content (AvgIpc) is 2.46. The highest BCUT2D eigenvalue weighted by molar-refractivity contribution is 5.41. The summed E-state index contributed by atoms with van der Waals surface area (Å²) >= 11 is 0. The van der Waals surface area contributed by atoms with Crippen molar-refractivity contribution in [1.29, 1.82) is 0 Å². The van der Waals surface area contributed by atoms with Crippen LogP contribution >= 0.6 is 0 Å². The van der Waals surface area contributed by atoms with E-state index in [0.717, 1.165) is 17.9 Å². The Hall–Kier alpha value is -2.07. The van der Waals surface area contributed by atoms with Crippen LogP contribution in [-0.2, 0) is 6.54 Å². The van der Waals surface area contributed by atoms with Crippen molar-refractivity contribution in [2.45, 2.75) is 19.9 Å². The van der Waals surface area contributed by atoms with E-state index in [0.29, 0.717) is 24.8 Å². The number of rotatable bonds is 6. The molecule has 2 aromatic rings. The molecule has 0 unspecified atom stereocenters. The van der Waals surface area contributed by atoms with Crippen molar-refractivity contribution in [3.05, 3.63) is 48.2 Å². The maximum absolute atomic E-state index is 5.76. The molecule has 0 saturated heterocycles. The van der Waals surface area contributed by atoms with Crippen LogP contribution in [0.3, 0.4) is 0 Å². The van der Waals surface area contributed by atoms with Crippen molar-refractivity contribution in [2.24, 2.45) is 5.73 Å². The minimum Gasteiger partial charge on any atom is -0.490 e. The molecule has 0 saturated carbocycles. The Morgan fingerprint density at radius 1 is 1.05 bits per heavy atom. The lowest BCUT2D eigenvalue weighted by molar-refractivity contribution is 0.300. The molecule has 0 aliphatic heterocycles. The minimum absolute atomic E-state index is 0.394. The molecule has 0 fully saturated rings. The molecule has 100 valence electrons. The first-order valence-electron chi connectivity index (χ1n) is 6.39. The number of ether oxygens (including phenoxy) is 2. The van der Waals surface area contributed by atoms with Crippen molar-refractivity contribution >= 4 is 0 Å². The van der Waals surface area contributed by atoms with Gasteiger partial charge in [0, 0.05) is 12.6 Å². The van der Waals surface area contributed by atoms with Gasteiger partial charge >= 0.3 is 0 Å². The molecular formula is C15H18N2O2. The molecule has 19 heavy (non-hydrogen) atoms. The van der Waals surface area contributed by atoms with Crippen molar-refractivity contribution in [3.8, 4) is 17.4 Å². The van der Waals surface area contributed by atoms with E-state index in [1.807, 2.05) is 36.4 Å². The number of pyridine rings is 1. The molecule has 1 heterocycles. The molecule has 2 N–H and O–H groups in total.